The topological polar surface area (TPSA) is 114 Å². The largest absolute Gasteiger partial charge is 0.480 e. The molecule has 0 rings (SSSR count). The summed E-state index contributed by atoms with van der Waals surface area (Å²) in [7, 11) is 1.18. The smallest absolute Gasteiger partial charge is 0.407 e. The van der Waals surface area contributed by atoms with Crippen molar-refractivity contribution >= 4 is 18.0 Å². The molecule has 0 saturated heterocycles. The summed E-state index contributed by atoms with van der Waals surface area (Å²) >= 11 is 0. The molecule has 1 atom stereocenters. The first-order valence-electron chi connectivity index (χ1n) is 7.15. The normalized spacial score (nSPS) is 12.4. The molecule has 128 valence electrons. The van der Waals surface area contributed by atoms with Crippen LogP contribution in [-0.2, 0) is 19.1 Å². The van der Waals surface area contributed by atoms with Crippen molar-refractivity contribution < 1.29 is 29.0 Å². The Hall–Kier alpha value is -1.83. The highest BCUT2D eigenvalue weighted by atomic mass is 16.6. The van der Waals surface area contributed by atoms with Gasteiger partial charge in [-0.3, -0.25) is 4.79 Å². The monoisotopic (exact) mass is 318 g/mol. The van der Waals surface area contributed by atoms with E-state index >= 15 is 0 Å². The quantitative estimate of drug-likeness (QED) is 0.427. The first-order chi connectivity index (χ1) is 10.2. The predicted molar refractivity (Wildman–Crippen MR) is 79.5 cm³/mol. The number of hydrogen-bond donors (Lipinski definition) is 3. The second-order valence-corrected chi connectivity index (χ2v) is 5.79. The van der Waals surface area contributed by atoms with Crippen LogP contribution in [0.3, 0.4) is 0 Å². The van der Waals surface area contributed by atoms with Crippen molar-refractivity contribution in [3.8, 4) is 0 Å². The fourth-order valence-electron chi connectivity index (χ4n) is 1.63. The van der Waals surface area contributed by atoms with Crippen LogP contribution < -0.4 is 10.6 Å². The number of unbranched alkanes of at least 4 members (excludes halogenated alkanes) is 1. The van der Waals surface area contributed by atoms with Gasteiger partial charge < -0.3 is 25.2 Å². The number of alkyl carbamates (subject to hydrolysis) is 1. The van der Waals surface area contributed by atoms with Crippen LogP contribution in [0.2, 0.25) is 0 Å². The number of hydrogen-bond acceptors (Lipinski definition) is 6. The van der Waals surface area contributed by atoms with Gasteiger partial charge in [-0.15, -0.1) is 0 Å². The van der Waals surface area contributed by atoms with Crippen LogP contribution in [0.15, 0.2) is 0 Å². The Balaban J connectivity index is 3.80. The first-order valence-corrected chi connectivity index (χ1v) is 7.15. The van der Waals surface area contributed by atoms with E-state index in [2.05, 4.69) is 15.4 Å². The molecule has 0 radical (unpaired) electrons. The van der Waals surface area contributed by atoms with Gasteiger partial charge in [-0.1, -0.05) is 0 Å². The van der Waals surface area contributed by atoms with Crippen LogP contribution in [0.1, 0.15) is 40.0 Å². The molecule has 22 heavy (non-hydrogen) atoms. The maximum atomic E-state index is 11.4. The van der Waals surface area contributed by atoms with Crippen molar-refractivity contribution in [3.63, 3.8) is 0 Å². The lowest BCUT2D eigenvalue weighted by molar-refractivity contribution is -0.153. The summed E-state index contributed by atoms with van der Waals surface area (Å²) in [6.45, 7) is 6.06. The van der Waals surface area contributed by atoms with Gasteiger partial charge in [-0.25, -0.2) is 9.59 Å². The van der Waals surface area contributed by atoms with E-state index in [9.17, 15) is 14.4 Å². The van der Waals surface area contributed by atoms with Gasteiger partial charge in [-0.05, 0) is 46.6 Å². The number of carbonyl (C=O) groups excluding carboxylic acids is 2. The molecule has 0 heterocycles. The van der Waals surface area contributed by atoms with Gasteiger partial charge in [0.1, 0.15) is 11.6 Å². The molecular weight excluding hydrogens is 292 g/mol. The van der Waals surface area contributed by atoms with E-state index in [0.717, 1.165) is 0 Å². The summed E-state index contributed by atoms with van der Waals surface area (Å²) in [6.07, 6.45) is 0.784. The van der Waals surface area contributed by atoms with Crippen LogP contribution in [0.5, 0.6) is 0 Å². The number of nitrogens with one attached hydrogen (secondary N) is 2. The number of aliphatic carboxylic acids is 1. The van der Waals surface area contributed by atoms with Gasteiger partial charge >= 0.3 is 18.0 Å². The van der Waals surface area contributed by atoms with Gasteiger partial charge in [0, 0.05) is 0 Å². The molecule has 0 aromatic rings. The van der Waals surface area contributed by atoms with Gasteiger partial charge in [0.25, 0.3) is 0 Å². The summed E-state index contributed by atoms with van der Waals surface area (Å²) in [6, 6.07) is -0.974. The third-order valence-electron chi connectivity index (χ3n) is 2.56. The predicted octanol–water partition coefficient (Wildman–Crippen LogP) is 0.897. The third kappa shape index (κ3) is 10.9. The molecule has 0 saturated carbocycles. The molecule has 0 aromatic heterocycles. The van der Waals surface area contributed by atoms with Crippen molar-refractivity contribution in [2.45, 2.75) is 51.7 Å². The number of carboxylic acids is 1. The average molecular weight is 318 g/mol. The minimum Gasteiger partial charge on any atom is -0.480 e. The van der Waals surface area contributed by atoms with Gasteiger partial charge in [0.2, 0.25) is 0 Å². The molecule has 3 N–H and O–H groups in total. The number of amides is 1. The molecular formula is C14H26N2O6. The number of carbonyl (C=O) groups is 3. The Morgan fingerprint density at radius 2 is 1.82 bits per heavy atom. The van der Waals surface area contributed by atoms with Gasteiger partial charge in [0.15, 0.2) is 0 Å². The maximum Gasteiger partial charge on any atom is 0.407 e. The van der Waals surface area contributed by atoms with E-state index in [1.165, 1.54) is 7.11 Å². The summed E-state index contributed by atoms with van der Waals surface area (Å²) in [5, 5.41) is 14.1. The van der Waals surface area contributed by atoms with Crippen molar-refractivity contribution in [2.75, 3.05) is 20.2 Å². The Morgan fingerprint density at radius 1 is 1.18 bits per heavy atom. The second-order valence-electron chi connectivity index (χ2n) is 5.79. The fraction of sp³-hybridized carbons (Fsp3) is 0.786. The van der Waals surface area contributed by atoms with E-state index in [-0.39, 0.29) is 12.5 Å². The molecule has 8 nitrogen and oxygen atoms in total. The van der Waals surface area contributed by atoms with E-state index in [0.29, 0.717) is 25.8 Å². The number of carboxylic acid groups (broad SMARTS) is 1. The SMILES string of the molecule is COC(=O)NC(CCCCNCC(=O)OC(C)(C)C)C(=O)O. The molecule has 0 fully saturated rings. The van der Waals surface area contributed by atoms with E-state index < -0.39 is 23.7 Å². The Labute approximate surface area is 130 Å². The standard InChI is InChI=1S/C14H26N2O6/c1-14(2,3)22-11(17)9-15-8-6-5-7-10(12(18)19)16-13(20)21-4/h10,15H,5-9H2,1-4H3,(H,16,20)(H,18,19). The highest BCUT2D eigenvalue weighted by Gasteiger charge is 2.19. The maximum absolute atomic E-state index is 11.4. The van der Waals surface area contributed by atoms with Crippen molar-refractivity contribution in [1.82, 2.24) is 10.6 Å². The highest BCUT2D eigenvalue weighted by molar-refractivity contribution is 5.79. The van der Waals surface area contributed by atoms with Gasteiger partial charge in [-0.2, -0.15) is 0 Å². The second kappa shape index (κ2) is 9.99. The Bertz CT molecular complexity index is 378. The minimum atomic E-state index is -1.10. The van der Waals surface area contributed by atoms with Crippen molar-refractivity contribution in [1.29, 1.82) is 0 Å². The zero-order valence-electron chi connectivity index (χ0n) is 13.6. The zero-order chi connectivity index (χ0) is 17.2. The van der Waals surface area contributed by atoms with E-state index in [4.69, 9.17) is 9.84 Å². The number of rotatable bonds is 9. The number of esters is 1. The van der Waals surface area contributed by atoms with Gasteiger partial charge in [0.05, 0.1) is 13.7 Å². The molecule has 0 aliphatic carbocycles. The average Bonchev–Trinajstić information content (AvgIpc) is 2.38. The van der Waals surface area contributed by atoms with Crippen LogP contribution in [-0.4, -0.2) is 55.0 Å². The lowest BCUT2D eigenvalue weighted by Crippen LogP contribution is -2.40. The Kier molecular flexibility index (Phi) is 9.16. The molecule has 0 spiro atoms. The highest BCUT2D eigenvalue weighted by Crippen LogP contribution is 2.06. The zero-order valence-corrected chi connectivity index (χ0v) is 13.6. The summed E-state index contributed by atoms with van der Waals surface area (Å²) in [5.74, 6) is -1.43. The van der Waals surface area contributed by atoms with Crippen LogP contribution >= 0.6 is 0 Å². The molecule has 8 heteroatoms. The lowest BCUT2D eigenvalue weighted by atomic mass is 10.1. The summed E-state index contributed by atoms with van der Waals surface area (Å²) in [4.78, 5) is 33.4. The van der Waals surface area contributed by atoms with Crippen molar-refractivity contribution in [3.05, 3.63) is 0 Å². The number of methoxy groups -OCH3 is 1. The summed E-state index contributed by atoms with van der Waals surface area (Å²) < 4.78 is 9.49. The first kappa shape index (κ1) is 20.2. The molecule has 0 aliphatic rings. The molecule has 0 bridgehead atoms. The molecule has 0 aromatic carbocycles. The molecule has 0 aliphatic heterocycles. The third-order valence-corrected chi connectivity index (χ3v) is 2.56. The fourth-order valence-corrected chi connectivity index (χ4v) is 1.63. The van der Waals surface area contributed by atoms with Crippen LogP contribution in [0, 0.1) is 0 Å². The lowest BCUT2D eigenvalue weighted by Gasteiger charge is -2.19. The van der Waals surface area contributed by atoms with E-state index in [1.54, 1.807) is 20.8 Å². The molecule has 1 amide bonds. The summed E-state index contributed by atoms with van der Waals surface area (Å²) in [5.41, 5.74) is -0.507. The number of ether oxygens (including phenoxy) is 2. The van der Waals surface area contributed by atoms with Crippen LogP contribution in [0.4, 0.5) is 4.79 Å². The minimum absolute atomic E-state index is 0.111. The molecule has 1 unspecified atom stereocenters. The van der Waals surface area contributed by atoms with Crippen LogP contribution in [0.25, 0.3) is 0 Å². The van der Waals surface area contributed by atoms with Crippen molar-refractivity contribution in [2.24, 2.45) is 0 Å². The van der Waals surface area contributed by atoms with E-state index in [1.807, 2.05) is 0 Å². The Morgan fingerprint density at radius 3 is 2.32 bits per heavy atom.